The molecule has 3 N–H and O–H groups in total. The third-order valence-corrected chi connectivity index (χ3v) is 3.46. The molecule has 1 aromatic carbocycles. The van der Waals surface area contributed by atoms with Crippen molar-refractivity contribution in [1.82, 2.24) is 0 Å². The van der Waals surface area contributed by atoms with Crippen LogP contribution in [-0.4, -0.2) is 17.0 Å². The van der Waals surface area contributed by atoms with Gasteiger partial charge in [0, 0.05) is 12.1 Å². The molecule has 1 aromatic rings. The summed E-state index contributed by atoms with van der Waals surface area (Å²) in [7, 11) is 0. The fourth-order valence-electron chi connectivity index (χ4n) is 1.67. The lowest BCUT2D eigenvalue weighted by Gasteiger charge is -2.34. The van der Waals surface area contributed by atoms with E-state index in [0.717, 1.165) is 0 Å². The summed E-state index contributed by atoms with van der Waals surface area (Å²) in [6.45, 7) is 6.21. The van der Waals surface area contributed by atoms with Gasteiger partial charge in [-0.2, -0.15) is 5.26 Å². The summed E-state index contributed by atoms with van der Waals surface area (Å²) in [5.41, 5.74) is 5.44. The van der Waals surface area contributed by atoms with Crippen LogP contribution >= 0.6 is 0 Å². The Balaban J connectivity index is 3.29. The predicted octanol–water partition coefficient (Wildman–Crippen LogP) is 2.25. The molecule has 0 heterocycles. The number of anilines is 1. The van der Waals surface area contributed by atoms with Crippen LogP contribution in [0.4, 0.5) is 11.4 Å². The van der Waals surface area contributed by atoms with Crippen molar-refractivity contribution >= 4 is 11.4 Å². The van der Waals surface area contributed by atoms with Crippen molar-refractivity contribution in [3.8, 4) is 6.07 Å². The van der Waals surface area contributed by atoms with Gasteiger partial charge in [0.15, 0.2) is 0 Å². The van der Waals surface area contributed by atoms with Crippen LogP contribution in [0.5, 0.6) is 0 Å². The summed E-state index contributed by atoms with van der Waals surface area (Å²) < 4.78 is 0. The average Bonchev–Trinajstić information content (AvgIpc) is 2.37. The molecule has 0 spiro atoms. The standard InChI is InChI=1S/C13H18N4O2/c1-9(2)13(3,8-15)16-11-6-4-5-10(7-14)12(11)17(18)19/h4-6,9,16H,8,15H2,1-3H3. The van der Waals surface area contributed by atoms with Gasteiger partial charge in [-0.15, -0.1) is 0 Å². The second-order valence-corrected chi connectivity index (χ2v) is 4.97. The van der Waals surface area contributed by atoms with Crippen molar-refractivity contribution in [2.24, 2.45) is 11.7 Å². The molecule has 0 radical (unpaired) electrons. The number of hydrogen-bond donors (Lipinski definition) is 2. The fourth-order valence-corrected chi connectivity index (χ4v) is 1.67. The van der Waals surface area contributed by atoms with Gasteiger partial charge in [0.05, 0.1) is 4.92 Å². The smallest absolute Gasteiger partial charge is 0.309 e. The number of para-hydroxylation sites is 1. The highest BCUT2D eigenvalue weighted by Gasteiger charge is 2.30. The quantitative estimate of drug-likeness (QED) is 0.625. The predicted molar refractivity (Wildman–Crippen MR) is 73.7 cm³/mol. The number of nitrogens with zero attached hydrogens (tertiary/aromatic N) is 2. The van der Waals surface area contributed by atoms with Gasteiger partial charge in [-0.3, -0.25) is 10.1 Å². The first kappa shape index (κ1) is 14.9. The van der Waals surface area contributed by atoms with Gasteiger partial charge in [-0.1, -0.05) is 19.9 Å². The maximum atomic E-state index is 11.1. The number of nitrogens with one attached hydrogen (secondary N) is 1. The zero-order chi connectivity index (χ0) is 14.6. The molecule has 0 aliphatic rings. The second-order valence-electron chi connectivity index (χ2n) is 4.97. The molecule has 1 unspecified atom stereocenters. The third-order valence-electron chi connectivity index (χ3n) is 3.46. The number of nitro benzene ring substituents is 1. The molecule has 0 aromatic heterocycles. The maximum absolute atomic E-state index is 11.1. The van der Waals surface area contributed by atoms with Crippen LogP contribution in [0.3, 0.4) is 0 Å². The van der Waals surface area contributed by atoms with E-state index in [1.807, 2.05) is 26.8 Å². The van der Waals surface area contributed by atoms with Crippen LogP contribution in [0.25, 0.3) is 0 Å². The van der Waals surface area contributed by atoms with Gasteiger partial charge in [0.2, 0.25) is 0 Å². The minimum absolute atomic E-state index is 0.0399. The highest BCUT2D eigenvalue weighted by molar-refractivity contribution is 5.69. The fraction of sp³-hybridized carbons (Fsp3) is 0.462. The Labute approximate surface area is 112 Å². The molecule has 102 valence electrons. The second kappa shape index (κ2) is 5.67. The van der Waals surface area contributed by atoms with Gasteiger partial charge < -0.3 is 11.1 Å². The van der Waals surface area contributed by atoms with E-state index in [9.17, 15) is 10.1 Å². The molecule has 19 heavy (non-hydrogen) atoms. The molecule has 1 atom stereocenters. The van der Waals surface area contributed by atoms with E-state index in [1.54, 1.807) is 12.1 Å². The number of nitro groups is 1. The van der Waals surface area contributed by atoms with Gasteiger partial charge in [0.1, 0.15) is 17.3 Å². The summed E-state index contributed by atoms with van der Waals surface area (Å²) in [4.78, 5) is 10.6. The van der Waals surface area contributed by atoms with E-state index in [1.165, 1.54) is 6.07 Å². The van der Waals surface area contributed by atoms with Crippen LogP contribution in [0.2, 0.25) is 0 Å². The molecule has 6 heteroatoms. The highest BCUT2D eigenvalue weighted by atomic mass is 16.6. The SMILES string of the molecule is CC(C)C(C)(CN)Nc1cccc(C#N)c1[N+](=O)[O-]. The normalized spacial score (nSPS) is 13.7. The van der Waals surface area contributed by atoms with Gasteiger partial charge in [-0.25, -0.2) is 0 Å². The van der Waals surface area contributed by atoms with E-state index in [4.69, 9.17) is 11.0 Å². The van der Waals surface area contributed by atoms with Crippen molar-refractivity contribution in [3.63, 3.8) is 0 Å². The molecule has 0 amide bonds. The lowest BCUT2D eigenvalue weighted by Crippen LogP contribution is -2.47. The number of nitriles is 1. The van der Waals surface area contributed by atoms with Crippen molar-refractivity contribution < 1.29 is 4.92 Å². The number of nitrogens with two attached hydrogens (primary N) is 1. The maximum Gasteiger partial charge on any atom is 0.309 e. The first-order chi connectivity index (χ1) is 8.85. The van der Waals surface area contributed by atoms with Crippen molar-refractivity contribution in [1.29, 1.82) is 5.26 Å². The Hall–Kier alpha value is -2.13. The number of benzene rings is 1. The van der Waals surface area contributed by atoms with Crippen LogP contribution in [0.1, 0.15) is 26.3 Å². The van der Waals surface area contributed by atoms with E-state index in [2.05, 4.69) is 5.32 Å². The van der Waals surface area contributed by atoms with Crippen LogP contribution < -0.4 is 11.1 Å². The van der Waals surface area contributed by atoms with Crippen molar-refractivity contribution in [2.45, 2.75) is 26.3 Å². The Kier molecular flexibility index (Phi) is 4.46. The Morgan fingerprint density at radius 2 is 2.21 bits per heavy atom. The Morgan fingerprint density at radius 1 is 1.58 bits per heavy atom. The average molecular weight is 262 g/mol. The molecule has 0 aliphatic heterocycles. The Bertz CT molecular complexity index is 522. The molecule has 0 saturated carbocycles. The molecule has 1 rings (SSSR count). The molecule has 6 nitrogen and oxygen atoms in total. The first-order valence-electron chi connectivity index (χ1n) is 6.01. The summed E-state index contributed by atoms with van der Waals surface area (Å²) in [5, 5.41) is 23.2. The zero-order valence-electron chi connectivity index (χ0n) is 11.3. The molecule has 0 saturated heterocycles. The summed E-state index contributed by atoms with van der Waals surface area (Å²) in [6.07, 6.45) is 0. The molecular weight excluding hydrogens is 244 g/mol. The summed E-state index contributed by atoms with van der Waals surface area (Å²) in [6, 6.07) is 6.48. The van der Waals surface area contributed by atoms with Gasteiger partial charge >= 0.3 is 5.69 Å². The highest BCUT2D eigenvalue weighted by Crippen LogP contribution is 2.32. The topological polar surface area (TPSA) is 105 Å². The van der Waals surface area contributed by atoms with Crippen molar-refractivity contribution in [2.75, 3.05) is 11.9 Å². The third kappa shape index (κ3) is 3.01. The first-order valence-corrected chi connectivity index (χ1v) is 6.01. The van der Waals surface area contributed by atoms with E-state index < -0.39 is 10.5 Å². The van der Waals surface area contributed by atoms with E-state index in [0.29, 0.717) is 12.2 Å². The molecular formula is C13H18N4O2. The van der Waals surface area contributed by atoms with Crippen molar-refractivity contribution in [3.05, 3.63) is 33.9 Å². The summed E-state index contributed by atoms with van der Waals surface area (Å²) in [5.74, 6) is 0.183. The minimum Gasteiger partial charge on any atom is -0.373 e. The van der Waals surface area contributed by atoms with Crippen LogP contribution in [0, 0.1) is 27.4 Å². The molecule has 0 bridgehead atoms. The largest absolute Gasteiger partial charge is 0.373 e. The monoisotopic (exact) mass is 262 g/mol. The molecule has 0 aliphatic carbocycles. The van der Waals surface area contributed by atoms with Gasteiger partial charge in [0.25, 0.3) is 0 Å². The minimum atomic E-state index is -0.544. The zero-order valence-corrected chi connectivity index (χ0v) is 11.3. The van der Waals surface area contributed by atoms with Gasteiger partial charge in [-0.05, 0) is 25.0 Å². The number of rotatable bonds is 5. The van der Waals surface area contributed by atoms with Crippen LogP contribution in [0.15, 0.2) is 18.2 Å². The van der Waals surface area contributed by atoms with E-state index >= 15 is 0 Å². The van der Waals surface area contributed by atoms with Crippen LogP contribution in [-0.2, 0) is 0 Å². The lowest BCUT2D eigenvalue weighted by molar-refractivity contribution is -0.384. The Morgan fingerprint density at radius 3 is 2.63 bits per heavy atom. The lowest BCUT2D eigenvalue weighted by atomic mass is 9.88. The molecule has 0 fully saturated rings. The summed E-state index contributed by atoms with van der Waals surface area (Å²) >= 11 is 0. The van der Waals surface area contributed by atoms with E-state index in [-0.39, 0.29) is 17.2 Å². The number of hydrogen-bond acceptors (Lipinski definition) is 5.